The molecule has 0 aromatic heterocycles. The van der Waals surface area contributed by atoms with Crippen molar-refractivity contribution < 1.29 is 49.6 Å². The monoisotopic (exact) mass is 261 g/mol. The van der Waals surface area contributed by atoms with Crippen LogP contribution >= 0.6 is 0 Å². The number of hydrogen-bond donors (Lipinski definition) is 0. The first-order chi connectivity index (χ1) is 0. The van der Waals surface area contributed by atoms with Crippen LogP contribution in [0.5, 0.6) is 0 Å². The van der Waals surface area contributed by atoms with Gasteiger partial charge in [-0.1, -0.05) is 0 Å². The Kier molecular flexibility index (Phi) is 483. The van der Waals surface area contributed by atoms with Crippen LogP contribution in [0.4, 0.5) is 0 Å². The second-order valence-electron chi connectivity index (χ2n) is 0. The molecular weight excluding hydrogens is 264 g/mol. The molecule has 0 spiro atoms. The normalized spacial score (nSPS) is 0. The molecule has 0 nitrogen and oxygen atoms in total. The summed E-state index contributed by atoms with van der Waals surface area (Å²) in [5.74, 6) is 0. The van der Waals surface area contributed by atoms with Crippen molar-refractivity contribution in [3.05, 3.63) is 0 Å². The first kappa shape index (κ1) is 63.7. The second-order valence-corrected chi connectivity index (χ2v) is 0. The molecule has 5 heteroatoms. The number of halogens is 4. The fourth-order valence-corrected chi connectivity index (χ4v) is 0. The third-order valence-corrected chi connectivity index (χ3v) is 0. The third-order valence-electron chi connectivity index (χ3n) is 0. The molecular formula is Cl4Sb-4. The standard InChI is InChI=1S/4ClH.Sb/h4*1H;/p-4. The maximum absolute atomic E-state index is 0. The summed E-state index contributed by atoms with van der Waals surface area (Å²) in [6.07, 6.45) is 0. The van der Waals surface area contributed by atoms with Gasteiger partial charge >= 0.3 is 0 Å². The van der Waals surface area contributed by atoms with Gasteiger partial charge in [0.05, 0.1) is 0 Å². The van der Waals surface area contributed by atoms with Crippen molar-refractivity contribution in [2.24, 2.45) is 0 Å². The molecule has 0 N–H and O–H groups in total. The van der Waals surface area contributed by atoms with Crippen molar-refractivity contribution in [3.63, 3.8) is 0 Å². The molecule has 0 atom stereocenters. The van der Waals surface area contributed by atoms with E-state index in [1.807, 2.05) is 0 Å². The molecule has 0 aromatic rings. The molecule has 0 bridgehead atoms. The Balaban J connectivity index is 0. The molecule has 0 fully saturated rings. The van der Waals surface area contributed by atoms with Gasteiger partial charge in [0.2, 0.25) is 0 Å². The maximum atomic E-state index is 0. The smallest absolute Gasteiger partial charge is 0 e. The third kappa shape index (κ3) is 24.2. The quantitative estimate of drug-likeness (QED) is 0.381. The van der Waals surface area contributed by atoms with E-state index in [4.69, 9.17) is 0 Å². The van der Waals surface area contributed by atoms with Crippen LogP contribution in [0.1, 0.15) is 0 Å². The zero-order valence-corrected chi connectivity index (χ0v) is 7.54. The van der Waals surface area contributed by atoms with Crippen LogP contribution in [0.25, 0.3) is 0 Å². The van der Waals surface area contributed by atoms with Gasteiger partial charge in [0.1, 0.15) is 0 Å². The van der Waals surface area contributed by atoms with E-state index in [1.165, 1.54) is 0 Å². The summed E-state index contributed by atoms with van der Waals surface area (Å²) >= 11 is 0. The SMILES string of the molecule is [Cl-].[Cl-].[Cl-].[Cl-].[Sb]. The number of hydrogen-bond acceptors (Lipinski definition) is 0. The van der Waals surface area contributed by atoms with E-state index in [9.17, 15) is 0 Å². The minimum absolute atomic E-state index is 0. The first-order valence-electron chi connectivity index (χ1n) is 0. The average molecular weight is 264 g/mol. The second kappa shape index (κ2) is 37.9. The Labute approximate surface area is 73.6 Å². The van der Waals surface area contributed by atoms with Crippen molar-refractivity contribution in [3.8, 4) is 0 Å². The topological polar surface area (TPSA) is 0 Å². The van der Waals surface area contributed by atoms with Crippen LogP contribution in [0.2, 0.25) is 0 Å². The molecule has 37 valence electrons. The van der Waals surface area contributed by atoms with Gasteiger partial charge in [-0.05, 0) is 0 Å². The molecule has 5 heavy (non-hydrogen) atoms. The predicted octanol–water partition coefficient (Wildman–Crippen LogP) is -12.4. The molecule has 0 heterocycles. The largest absolute Gasteiger partial charge is 1.00 e. The van der Waals surface area contributed by atoms with Crippen LogP contribution in [-0.2, 0) is 0 Å². The summed E-state index contributed by atoms with van der Waals surface area (Å²) < 4.78 is 0. The van der Waals surface area contributed by atoms with E-state index >= 15 is 0 Å². The van der Waals surface area contributed by atoms with Gasteiger partial charge in [-0.25, -0.2) is 0 Å². The van der Waals surface area contributed by atoms with Crippen molar-refractivity contribution >= 4 is 24.4 Å². The fourth-order valence-electron chi connectivity index (χ4n) is 0. The zero-order valence-electron chi connectivity index (χ0n) is 1.96. The molecule has 0 aliphatic heterocycles. The van der Waals surface area contributed by atoms with E-state index in [-0.39, 0.29) is 74.1 Å². The van der Waals surface area contributed by atoms with E-state index < -0.39 is 0 Å². The van der Waals surface area contributed by atoms with Crippen LogP contribution in [-0.4, -0.2) is 24.4 Å². The summed E-state index contributed by atoms with van der Waals surface area (Å²) in [6, 6.07) is 0. The Hall–Kier alpha value is 1.98. The molecule has 0 rings (SSSR count). The molecule has 0 amide bonds. The van der Waals surface area contributed by atoms with Gasteiger partial charge in [0, 0.05) is 24.4 Å². The molecule has 0 aliphatic rings. The molecule has 0 aliphatic carbocycles. The van der Waals surface area contributed by atoms with Crippen molar-refractivity contribution in [1.82, 2.24) is 0 Å². The van der Waals surface area contributed by atoms with Gasteiger partial charge in [-0.15, -0.1) is 0 Å². The summed E-state index contributed by atoms with van der Waals surface area (Å²) in [6.45, 7) is 0. The fraction of sp³-hybridized carbons (Fsp3) is 0. The summed E-state index contributed by atoms with van der Waals surface area (Å²) in [5, 5.41) is 0. The Morgan fingerprint density at radius 1 is 0.400 bits per heavy atom. The summed E-state index contributed by atoms with van der Waals surface area (Å²) in [7, 11) is 0. The van der Waals surface area contributed by atoms with Crippen molar-refractivity contribution in [1.29, 1.82) is 0 Å². The maximum Gasteiger partial charge on any atom is 0 e. The van der Waals surface area contributed by atoms with Crippen molar-refractivity contribution in [2.45, 2.75) is 0 Å². The van der Waals surface area contributed by atoms with Crippen LogP contribution in [0.15, 0.2) is 0 Å². The summed E-state index contributed by atoms with van der Waals surface area (Å²) in [5.41, 5.74) is 0. The van der Waals surface area contributed by atoms with E-state index in [1.54, 1.807) is 0 Å². The molecule has 0 unspecified atom stereocenters. The Morgan fingerprint density at radius 3 is 0.400 bits per heavy atom. The van der Waals surface area contributed by atoms with Gasteiger partial charge in [0.15, 0.2) is 0 Å². The van der Waals surface area contributed by atoms with E-state index in [0.29, 0.717) is 0 Å². The van der Waals surface area contributed by atoms with Crippen molar-refractivity contribution in [2.75, 3.05) is 0 Å². The van der Waals surface area contributed by atoms with Gasteiger partial charge in [-0.2, -0.15) is 0 Å². The van der Waals surface area contributed by atoms with Gasteiger partial charge < -0.3 is 49.6 Å². The van der Waals surface area contributed by atoms with Gasteiger partial charge in [0.25, 0.3) is 0 Å². The van der Waals surface area contributed by atoms with Crippen LogP contribution in [0, 0.1) is 0 Å². The minimum Gasteiger partial charge on any atom is -1.00 e. The molecule has 0 saturated heterocycles. The minimum atomic E-state index is 0. The molecule has 0 aromatic carbocycles. The van der Waals surface area contributed by atoms with Crippen LogP contribution < -0.4 is 49.6 Å². The van der Waals surface area contributed by atoms with E-state index in [0.717, 1.165) is 0 Å². The zero-order chi connectivity index (χ0) is 0. The molecule has 0 saturated carbocycles. The summed E-state index contributed by atoms with van der Waals surface area (Å²) in [4.78, 5) is 0. The van der Waals surface area contributed by atoms with Gasteiger partial charge in [-0.3, -0.25) is 0 Å². The van der Waals surface area contributed by atoms with E-state index in [2.05, 4.69) is 0 Å². The van der Waals surface area contributed by atoms with Crippen LogP contribution in [0.3, 0.4) is 0 Å². The number of rotatable bonds is 0. The average Bonchev–Trinajstić information content (AvgIpc) is 0. The molecule has 3 radical (unpaired) electrons. The first-order valence-corrected chi connectivity index (χ1v) is 0. The predicted molar refractivity (Wildman–Crippen MR) is 5.75 cm³/mol. The Morgan fingerprint density at radius 2 is 0.400 bits per heavy atom. The Bertz CT molecular complexity index is 3.61.